The van der Waals surface area contributed by atoms with Crippen molar-refractivity contribution in [2.45, 2.75) is 19.8 Å². The van der Waals surface area contributed by atoms with Crippen LogP contribution in [0.1, 0.15) is 30.3 Å². The Bertz CT molecular complexity index is 777. The molecule has 0 saturated carbocycles. The van der Waals surface area contributed by atoms with E-state index in [1.54, 1.807) is 11.8 Å². The average Bonchev–Trinajstić information content (AvgIpc) is 3.17. The van der Waals surface area contributed by atoms with Gasteiger partial charge in [-0.15, -0.1) is 10.1 Å². The molecule has 0 spiro atoms. The molecule has 0 atom stereocenters. The molecule has 10 heteroatoms. The fourth-order valence-electron chi connectivity index (χ4n) is 2.25. The fourth-order valence-corrected chi connectivity index (χ4v) is 2.77. The quantitative estimate of drug-likeness (QED) is 0.797. The van der Waals surface area contributed by atoms with Crippen LogP contribution in [0.15, 0.2) is 11.3 Å². The molecule has 2 amide bonds. The van der Waals surface area contributed by atoms with Gasteiger partial charge in [-0.25, -0.2) is 9.78 Å². The Balaban J connectivity index is 2.02. The molecule has 116 valence electrons. The molecule has 1 aliphatic heterocycles. The Kier molecular flexibility index (Phi) is 4.09. The van der Waals surface area contributed by atoms with Crippen LogP contribution in [0.3, 0.4) is 0 Å². The van der Waals surface area contributed by atoms with Crippen LogP contribution < -0.4 is 4.80 Å². The lowest BCUT2D eigenvalue weighted by molar-refractivity contribution is 0.0789. The van der Waals surface area contributed by atoms with Crippen molar-refractivity contribution in [1.82, 2.24) is 23.9 Å². The number of imidazole rings is 1. The van der Waals surface area contributed by atoms with E-state index in [1.165, 1.54) is 10.7 Å². The third-order valence-electron chi connectivity index (χ3n) is 3.26. The number of fused-ring (bicyclic) bond motifs is 1. The van der Waals surface area contributed by atoms with E-state index in [0.717, 1.165) is 37.5 Å². The van der Waals surface area contributed by atoms with Crippen LogP contribution in [0.4, 0.5) is 4.79 Å². The third kappa shape index (κ3) is 2.69. The summed E-state index contributed by atoms with van der Waals surface area (Å²) >= 11 is 0.923. The van der Waals surface area contributed by atoms with Gasteiger partial charge in [-0.3, -0.25) is 9.20 Å². The first kappa shape index (κ1) is 14.6. The van der Waals surface area contributed by atoms with E-state index in [4.69, 9.17) is 4.74 Å². The van der Waals surface area contributed by atoms with Gasteiger partial charge >= 0.3 is 6.09 Å². The zero-order chi connectivity index (χ0) is 15.5. The molecule has 3 heterocycles. The molecular weight excluding hydrogens is 308 g/mol. The summed E-state index contributed by atoms with van der Waals surface area (Å²) in [5.74, 6) is -0.174. The second kappa shape index (κ2) is 6.18. The van der Waals surface area contributed by atoms with Gasteiger partial charge in [0.2, 0.25) is 4.80 Å². The molecule has 2 aromatic rings. The summed E-state index contributed by atoms with van der Waals surface area (Å²) in [6, 6.07) is 0. The molecule has 0 radical (unpaired) electrons. The maximum absolute atomic E-state index is 12.4. The third-order valence-corrected chi connectivity index (χ3v) is 3.87. The standard InChI is InChI=1S/C12H14N6O3S/c1-2-21-12(20)14-11-18-7-13-8(9(18)15-16-22-11)10(19)17-5-3-4-6-17/h7H,2-6H2,1H3/b14-11+. The van der Waals surface area contributed by atoms with Gasteiger partial charge in [0.1, 0.15) is 6.33 Å². The van der Waals surface area contributed by atoms with Crippen molar-refractivity contribution in [2.75, 3.05) is 19.7 Å². The number of likely N-dealkylation sites (tertiary alicyclic amines) is 1. The molecule has 0 aromatic carbocycles. The highest BCUT2D eigenvalue weighted by Crippen LogP contribution is 2.13. The smallest absolute Gasteiger partial charge is 0.436 e. The summed E-state index contributed by atoms with van der Waals surface area (Å²) in [7, 11) is 0. The number of amides is 2. The maximum atomic E-state index is 12.4. The number of hydrogen-bond donors (Lipinski definition) is 0. The molecule has 1 saturated heterocycles. The van der Waals surface area contributed by atoms with Crippen LogP contribution in [-0.4, -0.2) is 55.6 Å². The number of nitrogens with zero attached hydrogens (tertiary/aromatic N) is 6. The van der Waals surface area contributed by atoms with Crippen LogP contribution in [0.25, 0.3) is 5.65 Å². The van der Waals surface area contributed by atoms with Crippen LogP contribution in [0.5, 0.6) is 0 Å². The van der Waals surface area contributed by atoms with Gasteiger partial charge in [0.25, 0.3) is 5.91 Å². The van der Waals surface area contributed by atoms with E-state index in [-0.39, 0.29) is 23.0 Å². The largest absolute Gasteiger partial charge is 0.448 e. The SMILES string of the molecule is CCOC(=O)/N=c1/snnc2c(C(=O)N3CCCC3)ncn12. The number of aromatic nitrogens is 4. The Morgan fingerprint density at radius 1 is 1.41 bits per heavy atom. The number of hydrogen-bond acceptors (Lipinski definition) is 7. The fraction of sp³-hybridized carbons (Fsp3) is 0.500. The Labute approximate surface area is 129 Å². The molecule has 0 aliphatic carbocycles. The molecule has 22 heavy (non-hydrogen) atoms. The zero-order valence-corrected chi connectivity index (χ0v) is 12.7. The van der Waals surface area contributed by atoms with E-state index in [1.807, 2.05) is 0 Å². The Morgan fingerprint density at radius 2 is 2.18 bits per heavy atom. The second-order valence-electron chi connectivity index (χ2n) is 4.65. The first-order valence-electron chi connectivity index (χ1n) is 6.91. The molecule has 9 nitrogen and oxygen atoms in total. The monoisotopic (exact) mass is 322 g/mol. The predicted molar refractivity (Wildman–Crippen MR) is 76.4 cm³/mol. The van der Waals surface area contributed by atoms with Crippen molar-refractivity contribution < 1.29 is 14.3 Å². The highest BCUT2D eigenvalue weighted by molar-refractivity contribution is 7.02. The van der Waals surface area contributed by atoms with Gasteiger partial charge in [-0.2, -0.15) is 0 Å². The number of rotatable bonds is 2. The lowest BCUT2D eigenvalue weighted by Gasteiger charge is -2.12. The molecule has 1 fully saturated rings. The minimum atomic E-state index is -0.714. The number of carbonyl (C=O) groups excluding carboxylic acids is 2. The highest BCUT2D eigenvalue weighted by Gasteiger charge is 2.24. The molecule has 1 aliphatic rings. The predicted octanol–water partition coefficient (Wildman–Crippen LogP) is 0.479. The molecule has 0 N–H and O–H groups in total. The van der Waals surface area contributed by atoms with Gasteiger partial charge in [-0.05, 0) is 19.8 Å². The first-order valence-corrected chi connectivity index (χ1v) is 7.68. The lowest BCUT2D eigenvalue weighted by atomic mass is 10.4. The van der Waals surface area contributed by atoms with Crippen LogP contribution >= 0.6 is 11.5 Å². The van der Waals surface area contributed by atoms with Crippen molar-refractivity contribution in [3.8, 4) is 0 Å². The normalized spacial score (nSPS) is 15.5. The van der Waals surface area contributed by atoms with Crippen molar-refractivity contribution in [3.63, 3.8) is 0 Å². The van der Waals surface area contributed by atoms with E-state index < -0.39 is 6.09 Å². The Hall–Kier alpha value is -2.36. The first-order chi connectivity index (χ1) is 10.7. The van der Waals surface area contributed by atoms with E-state index >= 15 is 0 Å². The molecule has 0 unspecified atom stereocenters. The molecular formula is C12H14N6O3S. The summed E-state index contributed by atoms with van der Waals surface area (Å²) in [5.41, 5.74) is 0.515. The van der Waals surface area contributed by atoms with Gasteiger partial charge in [0.15, 0.2) is 11.3 Å². The summed E-state index contributed by atoms with van der Waals surface area (Å²) < 4.78 is 10.1. The van der Waals surface area contributed by atoms with E-state index in [2.05, 4.69) is 19.6 Å². The minimum absolute atomic E-state index is 0.174. The van der Waals surface area contributed by atoms with E-state index in [0.29, 0.717) is 5.65 Å². The lowest BCUT2D eigenvalue weighted by Crippen LogP contribution is -2.28. The Morgan fingerprint density at radius 3 is 2.91 bits per heavy atom. The van der Waals surface area contributed by atoms with Crippen molar-refractivity contribution in [3.05, 3.63) is 16.8 Å². The van der Waals surface area contributed by atoms with Gasteiger partial charge in [-0.1, -0.05) is 4.49 Å². The van der Waals surface area contributed by atoms with Crippen LogP contribution in [0, 0.1) is 0 Å². The van der Waals surface area contributed by atoms with Crippen molar-refractivity contribution in [1.29, 1.82) is 0 Å². The van der Waals surface area contributed by atoms with Crippen molar-refractivity contribution in [2.24, 2.45) is 4.99 Å². The molecule has 0 bridgehead atoms. The molecule has 2 aromatic heterocycles. The molecule has 3 rings (SSSR count). The highest BCUT2D eigenvalue weighted by atomic mass is 32.1. The second-order valence-corrected chi connectivity index (χ2v) is 5.36. The summed E-state index contributed by atoms with van der Waals surface area (Å²) in [5, 5.41) is 3.96. The summed E-state index contributed by atoms with van der Waals surface area (Å²) in [4.78, 5) is 33.8. The number of ether oxygens (including phenoxy) is 1. The summed E-state index contributed by atoms with van der Waals surface area (Å²) in [6.45, 7) is 3.38. The average molecular weight is 322 g/mol. The van der Waals surface area contributed by atoms with Crippen LogP contribution in [-0.2, 0) is 4.74 Å². The van der Waals surface area contributed by atoms with Gasteiger partial charge < -0.3 is 9.64 Å². The zero-order valence-electron chi connectivity index (χ0n) is 11.9. The minimum Gasteiger partial charge on any atom is -0.448 e. The van der Waals surface area contributed by atoms with E-state index in [9.17, 15) is 9.59 Å². The van der Waals surface area contributed by atoms with Gasteiger partial charge in [0.05, 0.1) is 6.61 Å². The van der Waals surface area contributed by atoms with Gasteiger partial charge in [0, 0.05) is 24.6 Å². The van der Waals surface area contributed by atoms with Crippen molar-refractivity contribution >= 4 is 29.2 Å². The summed E-state index contributed by atoms with van der Waals surface area (Å²) in [6.07, 6.45) is 2.69. The topological polar surface area (TPSA) is 102 Å². The number of carbonyl (C=O) groups is 2. The maximum Gasteiger partial charge on any atom is 0.436 e. The van der Waals surface area contributed by atoms with Crippen LogP contribution in [0.2, 0.25) is 0 Å².